The Morgan fingerprint density at radius 2 is 1.86 bits per heavy atom. The van der Waals surface area contributed by atoms with Gasteiger partial charge in [0.2, 0.25) is 0 Å². The molecule has 1 aromatic rings. The first-order valence-electron chi connectivity index (χ1n) is 7.23. The van der Waals surface area contributed by atoms with E-state index in [4.69, 9.17) is 10.5 Å². The zero-order valence-electron chi connectivity index (χ0n) is 13.8. The van der Waals surface area contributed by atoms with Crippen molar-refractivity contribution in [3.63, 3.8) is 0 Å². The molecule has 1 aromatic heterocycles. The maximum atomic E-state index is 12.1. The Hall–Kier alpha value is -2.25. The van der Waals surface area contributed by atoms with Gasteiger partial charge in [-0.05, 0) is 34.6 Å². The molecule has 8 nitrogen and oxygen atoms in total. The van der Waals surface area contributed by atoms with Gasteiger partial charge in [0.25, 0.3) is 5.91 Å². The number of nitrogens with one attached hydrogen (secondary N) is 2. The average molecular weight is 311 g/mol. The molecule has 4 N–H and O–H groups in total. The number of hydrogen-bond donors (Lipinski definition) is 3. The van der Waals surface area contributed by atoms with E-state index >= 15 is 0 Å². The molecular formula is C14H25N5O3. The van der Waals surface area contributed by atoms with Gasteiger partial charge in [-0.15, -0.1) is 0 Å². The highest BCUT2D eigenvalue weighted by Crippen LogP contribution is 2.15. The summed E-state index contributed by atoms with van der Waals surface area (Å²) in [6.07, 6.45) is -0.518. The fraction of sp³-hybridized carbons (Fsp3) is 0.643. The van der Waals surface area contributed by atoms with Crippen LogP contribution < -0.4 is 16.4 Å². The normalized spacial score (nSPS) is 11.1. The molecule has 0 aliphatic rings. The highest BCUT2D eigenvalue weighted by molar-refractivity contribution is 5.97. The standard InChI is InChI=1S/C14H25N5O3/c1-6-19-11(10(15)9(2)18-19)12(20)16-7-8-17-13(21)22-14(3,4)5/h6-8,15H2,1-5H3,(H,16,20)(H,17,21). The molecule has 0 bridgehead atoms. The Morgan fingerprint density at radius 3 is 2.41 bits per heavy atom. The summed E-state index contributed by atoms with van der Waals surface area (Å²) < 4.78 is 6.65. The summed E-state index contributed by atoms with van der Waals surface area (Å²) in [4.78, 5) is 23.6. The van der Waals surface area contributed by atoms with Crippen molar-refractivity contribution in [2.45, 2.75) is 46.8 Å². The van der Waals surface area contributed by atoms with E-state index < -0.39 is 11.7 Å². The molecule has 1 heterocycles. The van der Waals surface area contributed by atoms with Gasteiger partial charge in [-0.25, -0.2) is 4.79 Å². The molecule has 0 radical (unpaired) electrons. The van der Waals surface area contributed by atoms with Gasteiger partial charge in [0.15, 0.2) is 0 Å². The number of hydrogen-bond acceptors (Lipinski definition) is 5. The molecule has 0 aliphatic heterocycles. The molecule has 0 saturated carbocycles. The Labute approximate surface area is 130 Å². The van der Waals surface area contributed by atoms with Crippen LogP contribution in [0.1, 0.15) is 43.9 Å². The number of nitrogen functional groups attached to an aromatic ring is 1. The Bertz CT molecular complexity index is 545. The summed E-state index contributed by atoms with van der Waals surface area (Å²) in [6, 6.07) is 0. The summed E-state index contributed by atoms with van der Waals surface area (Å²) in [5.74, 6) is -0.314. The van der Waals surface area contributed by atoms with Crippen LogP contribution in [0.15, 0.2) is 0 Å². The van der Waals surface area contributed by atoms with Crippen LogP contribution in [-0.4, -0.2) is 40.5 Å². The number of nitrogens with two attached hydrogens (primary N) is 1. The van der Waals surface area contributed by atoms with Crippen LogP contribution in [0, 0.1) is 6.92 Å². The maximum absolute atomic E-state index is 12.1. The van der Waals surface area contributed by atoms with E-state index in [1.54, 1.807) is 32.4 Å². The number of carbonyl (C=O) groups is 2. The third-order valence-corrected chi connectivity index (χ3v) is 2.77. The number of alkyl carbamates (subject to hydrolysis) is 1. The minimum atomic E-state index is -0.549. The number of nitrogens with zero attached hydrogens (tertiary/aromatic N) is 2. The van der Waals surface area contributed by atoms with E-state index in [0.29, 0.717) is 23.6 Å². The highest BCUT2D eigenvalue weighted by atomic mass is 16.6. The number of aromatic nitrogens is 2. The minimum Gasteiger partial charge on any atom is -0.444 e. The van der Waals surface area contributed by atoms with E-state index in [-0.39, 0.29) is 19.0 Å². The molecule has 8 heteroatoms. The number of aryl methyl sites for hydroxylation is 2. The predicted molar refractivity (Wildman–Crippen MR) is 83.6 cm³/mol. The van der Waals surface area contributed by atoms with E-state index in [0.717, 1.165) is 0 Å². The lowest BCUT2D eigenvalue weighted by molar-refractivity contribution is 0.0526. The quantitative estimate of drug-likeness (QED) is 0.704. The first kappa shape index (κ1) is 17.8. The van der Waals surface area contributed by atoms with E-state index in [9.17, 15) is 9.59 Å². The van der Waals surface area contributed by atoms with Gasteiger partial charge in [-0.1, -0.05) is 0 Å². The molecule has 0 spiro atoms. The number of carbonyl (C=O) groups excluding carboxylic acids is 2. The van der Waals surface area contributed by atoms with Gasteiger partial charge in [0.05, 0.1) is 11.4 Å². The molecule has 0 fully saturated rings. The second-order valence-electron chi connectivity index (χ2n) is 5.85. The summed E-state index contributed by atoms with van der Waals surface area (Å²) >= 11 is 0. The minimum absolute atomic E-state index is 0.264. The molecule has 0 saturated heterocycles. The lowest BCUT2D eigenvalue weighted by Gasteiger charge is -2.19. The number of anilines is 1. The van der Waals surface area contributed by atoms with Crippen LogP contribution in [0.25, 0.3) is 0 Å². The fourth-order valence-corrected chi connectivity index (χ4v) is 1.80. The van der Waals surface area contributed by atoms with Crippen molar-refractivity contribution in [2.24, 2.45) is 0 Å². The molecule has 2 amide bonds. The molecule has 0 aromatic carbocycles. The van der Waals surface area contributed by atoms with Crippen LogP contribution in [-0.2, 0) is 11.3 Å². The molecule has 124 valence electrons. The van der Waals surface area contributed by atoms with Gasteiger partial charge >= 0.3 is 6.09 Å². The highest BCUT2D eigenvalue weighted by Gasteiger charge is 2.19. The smallest absolute Gasteiger partial charge is 0.407 e. The van der Waals surface area contributed by atoms with Crippen LogP contribution in [0.4, 0.5) is 10.5 Å². The van der Waals surface area contributed by atoms with Crippen molar-refractivity contribution in [2.75, 3.05) is 18.8 Å². The molecule has 0 atom stereocenters. The molecule has 22 heavy (non-hydrogen) atoms. The zero-order chi connectivity index (χ0) is 16.9. The molecule has 0 aliphatic carbocycles. The summed E-state index contributed by atoms with van der Waals surface area (Å²) in [5, 5.41) is 9.45. The van der Waals surface area contributed by atoms with Crippen LogP contribution in [0.5, 0.6) is 0 Å². The summed E-state index contributed by atoms with van der Waals surface area (Å²) in [6.45, 7) is 10.1. The number of amides is 2. The Balaban J connectivity index is 2.46. The Kier molecular flexibility index (Phi) is 5.78. The SMILES string of the molecule is CCn1nc(C)c(N)c1C(=O)NCCNC(=O)OC(C)(C)C. The molecular weight excluding hydrogens is 286 g/mol. The lowest BCUT2D eigenvalue weighted by atomic mass is 10.2. The van der Waals surface area contributed by atoms with Gasteiger partial charge in [0.1, 0.15) is 11.3 Å². The third kappa shape index (κ3) is 4.94. The van der Waals surface area contributed by atoms with E-state index in [1.165, 1.54) is 0 Å². The molecule has 0 unspecified atom stereocenters. The average Bonchev–Trinajstić information content (AvgIpc) is 2.68. The van der Waals surface area contributed by atoms with Crippen molar-refractivity contribution >= 4 is 17.7 Å². The summed E-state index contributed by atoms with van der Waals surface area (Å²) in [5.41, 5.74) is 6.66. The maximum Gasteiger partial charge on any atom is 0.407 e. The second kappa shape index (κ2) is 7.15. The van der Waals surface area contributed by atoms with Crippen molar-refractivity contribution in [3.8, 4) is 0 Å². The lowest BCUT2D eigenvalue weighted by Crippen LogP contribution is -2.38. The zero-order valence-corrected chi connectivity index (χ0v) is 13.8. The first-order chi connectivity index (χ1) is 10.2. The van der Waals surface area contributed by atoms with Gasteiger partial charge in [-0.3, -0.25) is 9.48 Å². The first-order valence-corrected chi connectivity index (χ1v) is 7.23. The van der Waals surface area contributed by atoms with Crippen molar-refractivity contribution < 1.29 is 14.3 Å². The molecule has 1 rings (SSSR count). The van der Waals surface area contributed by atoms with Gasteiger partial charge in [-0.2, -0.15) is 5.10 Å². The van der Waals surface area contributed by atoms with Gasteiger partial charge in [0, 0.05) is 19.6 Å². The van der Waals surface area contributed by atoms with Crippen LogP contribution >= 0.6 is 0 Å². The largest absolute Gasteiger partial charge is 0.444 e. The van der Waals surface area contributed by atoms with Crippen LogP contribution in [0.2, 0.25) is 0 Å². The number of ether oxygens (including phenoxy) is 1. The topological polar surface area (TPSA) is 111 Å². The second-order valence-corrected chi connectivity index (χ2v) is 5.85. The predicted octanol–water partition coefficient (Wildman–Crippen LogP) is 1.05. The summed E-state index contributed by atoms with van der Waals surface area (Å²) in [7, 11) is 0. The van der Waals surface area contributed by atoms with Crippen LogP contribution in [0.3, 0.4) is 0 Å². The van der Waals surface area contributed by atoms with E-state index in [2.05, 4.69) is 15.7 Å². The monoisotopic (exact) mass is 311 g/mol. The fourth-order valence-electron chi connectivity index (χ4n) is 1.80. The van der Waals surface area contributed by atoms with Crippen molar-refractivity contribution in [3.05, 3.63) is 11.4 Å². The van der Waals surface area contributed by atoms with Gasteiger partial charge < -0.3 is 21.1 Å². The Morgan fingerprint density at radius 1 is 1.27 bits per heavy atom. The van der Waals surface area contributed by atoms with E-state index in [1.807, 2.05) is 6.92 Å². The van der Waals surface area contributed by atoms with Crippen molar-refractivity contribution in [1.82, 2.24) is 20.4 Å². The third-order valence-electron chi connectivity index (χ3n) is 2.77. The van der Waals surface area contributed by atoms with Crippen molar-refractivity contribution in [1.29, 1.82) is 0 Å². The number of rotatable bonds is 5.